The number of aromatic amines is 1. The van der Waals surface area contributed by atoms with Crippen LogP contribution in [0, 0.1) is 29.6 Å². The van der Waals surface area contributed by atoms with E-state index in [4.69, 9.17) is 15.5 Å². The van der Waals surface area contributed by atoms with Crippen LogP contribution in [-0.4, -0.2) is 70.5 Å². The highest BCUT2D eigenvalue weighted by molar-refractivity contribution is 5.95. The van der Waals surface area contributed by atoms with E-state index >= 15 is 0 Å². The minimum Gasteiger partial charge on any atom is -0.453 e. The molecule has 49 heavy (non-hydrogen) atoms. The Kier molecular flexibility index (Phi) is 11.2. The van der Waals surface area contributed by atoms with Crippen LogP contribution >= 0.6 is 0 Å². The van der Waals surface area contributed by atoms with Crippen molar-refractivity contribution in [3.63, 3.8) is 0 Å². The van der Waals surface area contributed by atoms with Crippen LogP contribution in [0.25, 0.3) is 16.7 Å². The predicted octanol–water partition coefficient (Wildman–Crippen LogP) is 5.06. The van der Waals surface area contributed by atoms with Gasteiger partial charge in [0.25, 0.3) is 0 Å². The first kappa shape index (κ1) is 35.0. The molecule has 2 aliphatic rings. The summed E-state index contributed by atoms with van der Waals surface area (Å²) >= 11 is 0. The number of nitrogens with zero attached hydrogens (tertiary/aromatic N) is 3. The smallest absolute Gasteiger partial charge is 0.407 e. The van der Waals surface area contributed by atoms with Crippen molar-refractivity contribution in [3.05, 3.63) is 84.5 Å². The van der Waals surface area contributed by atoms with E-state index in [1.54, 1.807) is 11.1 Å². The van der Waals surface area contributed by atoms with Crippen LogP contribution in [-0.2, 0) is 9.53 Å². The number of aromatic nitrogens is 2. The van der Waals surface area contributed by atoms with E-state index in [2.05, 4.69) is 63.0 Å². The second-order valence-electron chi connectivity index (χ2n) is 12.9. The zero-order valence-electron chi connectivity index (χ0n) is 28.7. The van der Waals surface area contributed by atoms with E-state index < -0.39 is 23.7 Å². The molecular weight excluding hydrogens is 614 g/mol. The number of nitrogens with two attached hydrogens (primary N) is 1. The lowest BCUT2D eigenvalue weighted by Crippen LogP contribution is -2.55. The molecule has 4 atom stereocenters. The number of aliphatic imine (C=N–C) groups is 1. The minimum absolute atomic E-state index is 0.167. The van der Waals surface area contributed by atoms with Crippen molar-refractivity contribution in [2.75, 3.05) is 20.2 Å². The molecular formula is C39H45N7O3. The van der Waals surface area contributed by atoms with Gasteiger partial charge in [0.1, 0.15) is 28.9 Å². The Morgan fingerprint density at radius 1 is 1.10 bits per heavy atom. The van der Waals surface area contributed by atoms with Crippen LogP contribution in [0.15, 0.2) is 72.4 Å². The fraction of sp³-hybridized carbons (Fsp3) is 0.385. The van der Waals surface area contributed by atoms with Crippen molar-refractivity contribution in [1.82, 2.24) is 25.5 Å². The third-order valence-corrected chi connectivity index (χ3v) is 9.10. The molecule has 10 heteroatoms. The van der Waals surface area contributed by atoms with Crippen molar-refractivity contribution >= 4 is 23.4 Å². The maximum Gasteiger partial charge on any atom is 0.407 e. The number of ether oxygens (including phenoxy) is 1. The van der Waals surface area contributed by atoms with E-state index in [0.29, 0.717) is 24.2 Å². The quantitative estimate of drug-likeness (QED) is 0.144. The van der Waals surface area contributed by atoms with Crippen LogP contribution in [0.2, 0.25) is 0 Å². The molecule has 3 aromatic rings. The number of methoxy groups -OCH3 is 1. The molecule has 3 heterocycles. The van der Waals surface area contributed by atoms with Gasteiger partial charge in [0, 0.05) is 6.54 Å². The number of hydrogen-bond acceptors (Lipinski definition) is 6. The van der Waals surface area contributed by atoms with E-state index in [1.807, 2.05) is 63.2 Å². The molecule has 2 aromatic carbocycles. The molecule has 2 saturated heterocycles. The second kappa shape index (κ2) is 15.7. The maximum atomic E-state index is 13.7. The summed E-state index contributed by atoms with van der Waals surface area (Å²) in [6.07, 6.45) is 4.59. The summed E-state index contributed by atoms with van der Waals surface area (Å²) in [5, 5.41) is 6.11. The summed E-state index contributed by atoms with van der Waals surface area (Å²) in [4.78, 5) is 40.2. The standard InChI is InChI=1S/C39H45N7O3/c1-26(2)34(44-38(48)49-5)37(47)46-24-12-17-33(46)35(40)45-39(4,22-10-9-15-31-25-42-36(43-31)32-16-11-23-41-32)27(3)28-18-20-30(21-19-28)29-13-7-6-8-14-29/h6-8,13-14,18-21,25-26,32-34,41H,3,11-12,16-17,23-24H2,1-2,4-5H3,(H2,40,45)(H,42,43)(H,44,48)/t32-,33-,34-,39?/m0/s1. The summed E-state index contributed by atoms with van der Waals surface area (Å²) in [7, 11) is 1.27. The average Bonchev–Trinajstić information content (AvgIpc) is 3.91. The predicted molar refractivity (Wildman–Crippen MR) is 193 cm³/mol. The third-order valence-electron chi connectivity index (χ3n) is 9.10. The number of carbonyl (C=O) groups excluding carboxylic acids is 2. The van der Waals surface area contributed by atoms with Crippen molar-refractivity contribution in [1.29, 1.82) is 0 Å². The first-order valence-corrected chi connectivity index (χ1v) is 16.8. The van der Waals surface area contributed by atoms with Gasteiger partial charge in [-0.1, -0.05) is 80.9 Å². The maximum absolute atomic E-state index is 13.7. The second-order valence-corrected chi connectivity index (χ2v) is 12.9. The number of amidine groups is 1. The summed E-state index contributed by atoms with van der Waals surface area (Å²) in [6.45, 7) is 11.5. The van der Waals surface area contributed by atoms with Gasteiger partial charge < -0.3 is 31.0 Å². The van der Waals surface area contributed by atoms with Gasteiger partial charge in [0.2, 0.25) is 5.91 Å². The van der Waals surface area contributed by atoms with Gasteiger partial charge in [-0.15, -0.1) is 0 Å². The summed E-state index contributed by atoms with van der Waals surface area (Å²) < 4.78 is 4.77. The number of rotatable bonds is 9. The molecule has 10 nitrogen and oxygen atoms in total. The van der Waals surface area contributed by atoms with Crippen LogP contribution in [0.1, 0.15) is 69.6 Å². The van der Waals surface area contributed by atoms with Gasteiger partial charge in [0.05, 0.1) is 25.4 Å². The molecule has 0 aliphatic carbocycles. The van der Waals surface area contributed by atoms with E-state index in [-0.39, 0.29) is 23.7 Å². The molecule has 0 spiro atoms. The number of benzene rings is 2. The van der Waals surface area contributed by atoms with Crippen molar-refractivity contribution in [2.24, 2.45) is 16.6 Å². The SMILES string of the molecule is C=C(c1ccc(-c2ccccc2)cc1)C(C)(C#CC#Cc1cnc([C@@H]2CCCN2)[nH]1)/N=C(\N)[C@@H]1CCCN1C(=O)[C@@H](NC(=O)OC)C(C)C. The molecule has 2 amide bonds. The summed E-state index contributed by atoms with van der Waals surface area (Å²) in [5.41, 5.74) is 9.94. The summed E-state index contributed by atoms with van der Waals surface area (Å²) in [5.74, 6) is 13.0. The number of hydrogen-bond donors (Lipinski definition) is 4. The molecule has 5 rings (SSSR count). The Morgan fingerprint density at radius 3 is 2.51 bits per heavy atom. The largest absolute Gasteiger partial charge is 0.453 e. The topological polar surface area (TPSA) is 138 Å². The van der Waals surface area contributed by atoms with Crippen molar-refractivity contribution in [2.45, 2.75) is 70.1 Å². The number of alkyl carbamates (subject to hydrolysis) is 1. The number of amides is 2. The molecule has 5 N–H and O–H groups in total. The van der Waals surface area contributed by atoms with Gasteiger partial charge in [0.15, 0.2) is 0 Å². The van der Waals surface area contributed by atoms with Crippen LogP contribution in [0.4, 0.5) is 4.79 Å². The molecule has 0 saturated carbocycles. The molecule has 0 radical (unpaired) electrons. The summed E-state index contributed by atoms with van der Waals surface area (Å²) in [6, 6.07) is 17.2. The third kappa shape index (κ3) is 8.40. The van der Waals surface area contributed by atoms with Gasteiger partial charge in [-0.3, -0.25) is 4.79 Å². The first-order chi connectivity index (χ1) is 23.6. The lowest BCUT2D eigenvalue weighted by molar-refractivity contribution is -0.134. The van der Waals surface area contributed by atoms with Crippen molar-refractivity contribution in [3.8, 4) is 34.8 Å². The van der Waals surface area contributed by atoms with Gasteiger partial charge in [-0.25, -0.2) is 14.8 Å². The molecule has 254 valence electrons. The molecule has 1 aromatic heterocycles. The van der Waals surface area contributed by atoms with Crippen LogP contribution in [0.5, 0.6) is 0 Å². The lowest BCUT2D eigenvalue weighted by atomic mass is 9.87. The van der Waals surface area contributed by atoms with Crippen molar-refractivity contribution < 1.29 is 14.3 Å². The minimum atomic E-state index is -1.17. The monoisotopic (exact) mass is 659 g/mol. The fourth-order valence-electron chi connectivity index (χ4n) is 6.24. The zero-order chi connectivity index (χ0) is 35.0. The number of nitrogens with one attached hydrogen (secondary N) is 3. The molecule has 1 unspecified atom stereocenters. The zero-order valence-corrected chi connectivity index (χ0v) is 28.7. The number of H-pyrrole nitrogens is 1. The first-order valence-electron chi connectivity index (χ1n) is 16.8. The van der Waals surface area contributed by atoms with Crippen LogP contribution in [0.3, 0.4) is 0 Å². The molecule has 2 aliphatic heterocycles. The Bertz CT molecular complexity index is 1800. The van der Waals surface area contributed by atoms with Crippen LogP contribution < -0.4 is 16.4 Å². The van der Waals surface area contributed by atoms with Gasteiger partial charge >= 0.3 is 6.09 Å². The Morgan fingerprint density at radius 2 is 1.84 bits per heavy atom. The highest BCUT2D eigenvalue weighted by Crippen LogP contribution is 2.32. The highest BCUT2D eigenvalue weighted by atomic mass is 16.5. The number of imidazole rings is 1. The number of carbonyl (C=O) groups is 2. The molecule has 2 fully saturated rings. The average molecular weight is 660 g/mol. The number of likely N-dealkylation sites (tertiary alicyclic amines) is 1. The Labute approximate surface area is 289 Å². The Balaban J connectivity index is 1.45. The van der Waals surface area contributed by atoms with Gasteiger partial charge in [-0.2, -0.15) is 0 Å². The van der Waals surface area contributed by atoms with E-state index in [9.17, 15) is 9.59 Å². The van der Waals surface area contributed by atoms with E-state index in [0.717, 1.165) is 48.3 Å². The Hall–Kier alpha value is -5.32. The fourth-order valence-corrected chi connectivity index (χ4v) is 6.24. The molecule has 0 bridgehead atoms. The highest BCUT2D eigenvalue weighted by Gasteiger charge is 2.38. The normalized spacial score (nSPS) is 19.2. The van der Waals surface area contributed by atoms with Gasteiger partial charge in [-0.05, 0) is 85.1 Å². The lowest BCUT2D eigenvalue weighted by Gasteiger charge is -2.31. The van der Waals surface area contributed by atoms with E-state index in [1.165, 1.54) is 7.11 Å².